The molecule has 1 aliphatic rings. The summed E-state index contributed by atoms with van der Waals surface area (Å²) in [5.41, 5.74) is 1.29. The molecule has 1 N–H and O–H groups in total. The third kappa shape index (κ3) is 2.97. The van der Waals surface area contributed by atoms with Crippen molar-refractivity contribution in [3.63, 3.8) is 0 Å². The number of anilines is 1. The predicted molar refractivity (Wildman–Crippen MR) is 70.3 cm³/mol. The molecule has 3 heteroatoms. The largest absolute Gasteiger partial charge is 0.396 e. The van der Waals surface area contributed by atoms with Gasteiger partial charge < -0.3 is 10.0 Å². The number of aromatic nitrogens is 1. The molecule has 1 aromatic rings. The fraction of sp³-hybridized carbons (Fsp3) is 0.643. The Morgan fingerprint density at radius 1 is 1.35 bits per heavy atom. The Balaban J connectivity index is 1.99. The summed E-state index contributed by atoms with van der Waals surface area (Å²) in [7, 11) is 0. The van der Waals surface area contributed by atoms with Crippen LogP contribution in [0.5, 0.6) is 0 Å². The van der Waals surface area contributed by atoms with E-state index in [0.29, 0.717) is 18.4 Å². The minimum absolute atomic E-state index is 0.327. The first kappa shape index (κ1) is 12.4. The second-order valence-electron chi connectivity index (χ2n) is 5.22. The van der Waals surface area contributed by atoms with Crippen LogP contribution in [0.15, 0.2) is 18.3 Å². The fourth-order valence-electron chi connectivity index (χ4n) is 2.27. The molecular weight excluding hydrogens is 212 g/mol. The number of rotatable bonds is 3. The lowest BCUT2D eigenvalue weighted by Crippen LogP contribution is -2.35. The number of pyridine rings is 1. The van der Waals surface area contributed by atoms with E-state index in [1.54, 1.807) is 0 Å². The van der Waals surface area contributed by atoms with Crippen molar-refractivity contribution in [1.82, 2.24) is 4.98 Å². The SMILES string of the molecule is CC(C)c1ccc(N2CCC(CO)CC2)nc1. The number of hydrogen-bond donors (Lipinski definition) is 1. The molecule has 0 bridgehead atoms. The number of piperidine rings is 1. The first-order valence-corrected chi connectivity index (χ1v) is 6.52. The molecule has 0 spiro atoms. The van der Waals surface area contributed by atoms with Crippen molar-refractivity contribution in [3.8, 4) is 0 Å². The van der Waals surface area contributed by atoms with Crippen LogP contribution in [0.1, 0.15) is 38.2 Å². The zero-order valence-electron chi connectivity index (χ0n) is 10.8. The van der Waals surface area contributed by atoms with Crippen LogP contribution in [0.3, 0.4) is 0 Å². The summed E-state index contributed by atoms with van der Waals surface area (Å²) < 4.78 is 0. The van der Waals surface area contributed by atoms with E-state index in [0.717, 1.165) is 31.7 Å². The summed E-state index contributed by atoms with van der Waals surface area (Å²) in [5, 5.41) is 9.11. The van der Waals surface area contributed by atoms with Crippen molar-refractivity contribution in [2.75, 3.05) is 24.6 Å². The minimum Gasteiger partial charge on any atom is -0.396 e. The van der Waals surface area contributed by atoms with Gasteiger partial charge in [-0.15, -0.1) is 0 Å². The smallest absolute Gasteiger partial charge is 0.128 e. The van der Waals surface area contributed by atoms with Gasteiger partial charge in [-0.25, -0.2) is 4.98 Å². The molecule has 3 nitrogen and oxygen atoms in total. The summed E-state index contributed by atoms with van der Waals surface area (Å²) >= 11 is 0. The average molecular weight is 234 g/mol. The van der Waals surface area contributed by atoms with Crippen LogP contribution in [-0.4, -0.2) is 29.8 Å². The third-order valence-corrected chi connectivity index (χ3v) is 3.63. The van der Waals surface area contributed by atoms with Crippen molar-refractivity contribution < 1.29 is 5.11 Å². The van der Waals surface area contributed by atoms with Crippen molar-refractivity contribution >= 4 is 5.82 Å². The van der Waals surface area contributed by atoms with Crippen LogP contribution in [0.4, 0.5) is 5.82 Å². The van der Waals surface area contributed by atoms with E-state index in [9.17, 15) is 0 Å². The zero-order valence-corrected chi connectivity index (χ0v) is 10.8. The summed E-state index contributed by atoms with van der Waals surface area (Å²) in [6.45, 7) is 6.72. The summed E-state index contributed by atoms with van der Waals surface area (Å²) in [4.78, 5) is 6.85. The van der Waals surface area contributed by atoms with Crippen LogP contribution >= 0.6 is 0 Å². The highest BCUT2D eigenvalue weighted by atomic mass is 16.3. The second-order valence-corrected chi connectivity index (χ2v) is 5.22. The highest BCUT2D eigenvalue weighted by Crippen LogP contribution is 2.22. The van der Waals surface area contributed by atoms with Gasteiger partial charge in [-0.3, -0.25) is 0 Å². The highest BCUT2D eigenvalue weighted by Gasteiger charge is 2.19. The van der Waals surface area contributed by atoms with Gasteiger partial charge in [-0.05, 0) is 36.3 Å². The highest BCUT2D eigenvalue weighted by molar-refractivity contribution is 5.40. The number of nitrogens with zero attached hydrogens (tertiary/aromatic N) is 2. The molecule has 0 saturated carbocycles. The Kier molecular flexibility index (Phi) is 4.00. The van der Waals surface area contributed by atoms with Gasteiger partial charge in [-0.1, -0.05) is 19.9 Å². The number of hydrogen-bond acceptors (Lipinski definition) is 3. The maximum absolute atomic E-state index is 9.11. The molecule has 0 radical (unpaired) electrons. The van der Waals surface area contributed by atoms with Gasteiger partial charge >= 0.3 is 0 Å². The monoisotopic (exact) mass is 234 g/mol. The molecule has 0 aliphatic carbocycles. The number of aliphatic hydroxyl groups excluding tert-OH is 1. The molecule has 2 heterocycles. The zero-order chi connectivity index (χ0) is 12.3. The normalized spacial score (nSPS) is 17.8. The van der Waals surface area contributed by atoms with Gasteiger partial charge in [0.05, 0.1) is 0 Å². The molecule has 1 fully saturated rings. The number of aliphatic hydroxyl groups is 1. The van der Waals surface area contributed by atoms with Crippen LogP contribution < -0.4 is 4.90 Å². The summed E-state index contributed by atoms with van der Waals surface area (Å²) in [6.07, 6.45) is 4.13. The van der Waals surface area contributed by atoms with Crippen LogP contribution in [0, 0.1) is 5.92 Å². The van der Waals surface area contributed by atoms with Crippen LogP contribution in [-0.2, 0) is 0 Å². The minimum atomic E-state index is 0.327. The molecule has 0 amide bonds. The molecule has 2 rings (SSSR count). The van der Waals surface area contributed by atoms with Crippen molar-refractivity contribution in [3.05, 3.63) is 23.9 Å². The molecule has 0 unspecified atom stereocenters. The third-order valence-electron chi connectivity index (χ3n) is 3.63. The molecule has 0 atom stereocenters. The van der Waals surface area contributed by atoms with Crippen molar-refractivity contribution in [1.29, 1.82) is 0 Å². The summed E-state index contributed by atoms with van der Waals surface area (Å²) in [6, 6.07) is 4.29. The van der Waals surface area contributed by atoms with E-state index in [-0.39, 0.29) is 0 Å². The maximum Gasteiger partial charge on any atom is 0.128 e. The van der Waals surface area contributed by atoms with E-state index in [1.807, 2.05) is 6.20 Å². The Bertz CT molecular complexity index is 340. The molecular formula is C14H22N2O. The lowest BCUT2D eigenvalue weighted by Gasteiger charge is -2.32. The Labute approximate surface area is 103 Å². The maximum atomic E-state index is 9.11. The van der Waals surface area contributed by atoms with Gasteiger partial charge in [-0.2, -0.15) is 0 Å². The van der Waals surface area contributed by atoms with Crippen LogP contribution in [0.25, 0.3) is 0 Å². The Hall–Kier alpha value is -1.09. The quantitative estimate of drug-likeness (QED) is 0.872. The van der Waals surface area contributed by atoms with Gasteiger partial charge in [0.1, 0.15) is 5.82 Å². The van der Waals surface area contributed by atoms with Gasteiger partial charge in [0.15, 0.2) is 0 Å². The molecule has 94 valence electrons. The van der Waals surface area contributed by atoms with E-state index >= 15 is 0 Å². The second kappa shape index (κ2) is 5.50. The van der Waals surface area contributed by atoms with Gasteiger partial charge in [0, 0.05) is 25.9 Å². The van der Waals surface area contributed by atoms with Gasteiger partial charge in [0.25, 0.3) is 0 Å². The summed E-state index contributed by atoms with van der Waals surface area (Å²) in [5.74, 6) is 2.10. The molecule has 0 aromatic carbocycles. The van der Waals surface area contributed by atoms with E-state index < -0.39 is 0 Å². The lowest BCUT2D eigenvalue weighted by molar-refractivity contribution is 0.203. The molecule has 1 aliphatic heterocycles. The van der Waals surface area contributed by atoms with Gasteiger partial charge in [0.2, 0.25) is 0 Å². The van der Waals surface area contributed by atoms with Crippen molar-refractivity contribution in [2.45, 2.75) is 32.6 Å². The molecule has 17 heavy (non-hydrogen) atoms. The average Bonchev–Trinajstić information content (AvgIpc) is 2.39. The van der Waals surface area contributed by atoms with E-state index in [2.05, 4.69) is 35.9 Å². The molecule has 1 aromatic heterocycles. The first-order valence-electron chi connectivity index (χ1n) is 6.52. The topological polar surface area (TPSA) is 36.4 Å². The Morgan fingerprint density at radius 2 is 2.06 bits per heavy atom. The van der Waals surface area contributed by atoms with Crippen molar-refractivity contribution in [2.24, 2.45) is 5.92 Å². The Morgan fingerprint density at radius 3 is 2.53 bits per heavy atom. The van der Waals surface area contributed by atoms with E-state index in [1.165, 1.54) is 5.56 Å². The van der Waals surface area contributed by atoms with Crippen LogP contribution in [0.2, 0.25) is 0 Å². The predicted octanol–water partition coefficient (Wildman–Crippen LogP) is 2.41. The molecule has 1 saturated heterocycles. The lowest BCUT2D eigenvalue weighted by atomic mass is 9.98. The first-order chi connectivity index (χ1) is 8.20. The fourth-order valence-corrected chi connectivity index (χ4v) is 2.27. The van der Waals surface area contributed by atoms with E-state index in [4.69, 9.17) is 5.11 Å². The standard InChI is InChI=1S/C14H22N2O/c1-11(2)13-3-4-14(15-9-13)16-7-5-12(10-17)6-8-16/h3-4,9,11-12,17H,5-8,10H2,1-2H3.